The molecule has 4 nitrogen and oxygen atoms in total. The van der Waals surface area contributed by atoms with Gasteiger partial charge in [-0.2, -0.15) is 0 Å². The van der Waals surface area contributed by atoms with Crippen LogP contribution in [0.15, 0.2) is 24.3 Å². The molecule has 1 aliphatic rings. The second kappa shape index (κ2) is 7.41. The molecule has 0 unspecified atom stereocenters. The fourth-order valence-corrected chi connectivity index (χ4v) is 2.70. The van der Waals surface area contributed by atoms with Crippen molar-refractivity contribution in [2.24, 2.45) is 5.73 Å². The number of nitrogens with two attached hydrogens (primary N) is 1. The smallest absolute Gasteiger partial charge is 0.254 e. The zero-order valence-electron chi connectivity index (χ0n) is 12.3. The van der Waals surface area contributed by atoms with Crippen molar-refractivity contribution in [3.05, 3.63) is 35.4 Å². The zero-order valence-corrected chi connectivity index (χ0v) is 12.3. The molecular formula is C16H25N3O. The Balaban J connectivity index is 1.94. The van der Waals surface area contributed by atoms with Crippen molar-refractivity contribution in [3.63, 3.8) is 0 Å². The van der Waals surface area contributed by atoms with Crippen LogP contribution in [-0.2, 0) is 6.42 Å². The van der Waals surface area contributed by atoms with Crippen molar-refractivity contribution in [2.75, 3.05) is 39.3 Å². The average molecular weight is 275 g/mol. The fraction of sp³-hybridized carbons (Fsp3) is 0.562. The predicted molar refractivity (Wildman–Crippen MR) is 81.8 cm³/mol. The first-order chi connectivity index (χ1) is 9.76. The summed E-state index contributed by atoms with van der Waals surface area (Å²) in [5.74, 6) is 0.181. The third kappa shape index (κ3) is 3.58. The molecule has 0 aromatic heterocycles. The molecule has 0 bridgehead atoms. The maximum absolute atomic E-state index is 12.6. The van der Waals surface area contributed by atoms with Crippen molar-refractivity contribution < 1.29 is 4.79 Å². The number of benzene rings is 1. The van der Waals surface area contributed by atoms with Crippen LogP contribution < -0.4 is 5.73 Å². The Bertz CT molecular complexity index is 439. The molecule has 1 fully saturated rings. The fourth-order valence-electron chi connectivity index (χ4n) is 2.70. The molecule has 20 heavy (non-hydrogen) atoms. The molecule has 2 N–H and O–H groups in total. The SMILES string of the molecule is CCc1ccccc1C(=O)N1CCN(CCCN)CC1. The van der Waals surface area contributed by atoms with E-state index >= 15 is 0 Å². The van der Waals surface area contributed by atoms with Gasteiger partial charge >= 0.3 is 0 Å². The van der Waals surface area contributed by atoms with Crippen molar-refractivity contribution in [1.82, 2.24) is 9.80 Å². The first kappa shape index (κ1) is 15.0. The molecule has 1 saturated heterocycles. The summed E-state index contributed by atoms with van der Waals surface area (Å²) in [6, 6.07) is 7.94. The van der Waals surface area contributed by atoms with Gasteiger partial charge < -0.3 is 10.6 Å². The molecule has 0 atom stereocenters. The van der Waals surface area contributed by atoms with Crippen LogP contribution in [0.1, 0.15) is 29.3 Å². The number of piperazine rings is 1. The minimum absolute atomic E-state index is 0.181. The summed E-state index contributed by atoms with van der Waals surface area (Å²) >= 11 is 0. The number of carbonyl (C=O) groups is 1. The monoisotopic (exact) mass is 275 g/mol. The van der Waals surface area contributed by atoms with E-state index in [1.165, 1.54) is 0 Å². The summed E-state index contributed by atoms with van der Waals surface area (Å²) in [5, 5.41) is 0. The molecule has 1 amide bonds. The summed E-state index contributed by atoms with van der Waals surface area (Å²) in [4.78, 5) is 17.0. The third-order valence-corrected chi connectivity index (χ3v) is 3.97. The van der Waals surface area contributed by atoms with Gasteiger partial charge in [-0.15, -0.1) is 0 Å². The molecular weight excluding hydrogens is 250 g/mol. The van der Waals surface area contributed by atoms with Crippen molar-refractivity contribution in [1.29, 1.82) is 0 Å². The van der Waals surface area contributed by atoms with E-state index < -0.39 is 0 Å². The van der Waals surface area contributed by atoms with E-state index in [4.69, 9.17) is 5.73 Å². The van der Waals surface area contributed by atoms with Gasteiger partial charge in [-0.05, 0) is 37.6 Å². The number of rotatable bonds is 5. The third-order valence-electron chi connectivity index (χ3n) is 3.97. The highest BCUT2D eigenvalue weighted by Crippen LogP contribution is 2.14. The Morgan fingerprint density at radius 3 is 2.55 bits per heavy atom. The number of hydrogen-bond donors (Lipinski definition) is 1. The van der Waals surface area contributed by atoms with E-state index in [0.29, 0.717) is 0 Å². The average Bonchev–Trinajstić information content (AvgIpc) is 2.52. The number of nitrogens with zero attached hydrogens (tertiary/aromatic N) is 2. The molecule has 0 radical (unpaired) electrons. The lowest BCUT2D eigenvalue weighted by atomic mass is 10.0. The molecule has 2 rings (SSSR count). The lowest BCUT2D eigenvalue weighted by molar-refractivity contribution is 0.0635. The largest absolute Gasteiger partial charge is 0.336 e. The van der Waals surface area contributed by atoms with E-state index in [2.05, 4.69) is 11.8 Å². The topological polar surface area (TPSA) is 49.6 Å². The van der Waals surface area contributed by atoms with Crippen LogP contribution in [0.25, 0.3) is 0 Å². The Hall–Kier alpha value is -1.39. The molecule has 1 aromatic rings. The number of hydrogen-bond acceptors (Lipinski definition) is 3. The summed E-state index contributed by atoms with van der Waals surface area (Å²) in [6.45, 7) is 7.44. The van der Waals surface area contributed by atoms with E-state index in [1.54, 1.807) is 0 Å². The van der Waals surface area contributed by atoms with Gasteiger partial charge in [-0.25, -0.2) is 0 Å². The van der Waals surface area contributed by atoms with Crippen molar-refractivity contribution in [2.45, 2.75) is 19.8 Å². The van der Waals surface area contributed by atoms with Gasteiger partial charge in [-0.3, -0.25) is 9.69 Å². The molecule has 110 valence electrons. The van der Waals surface area contributed by atoms with Gasteiger partial charge in [-0.1, -0.05) is 25.1 Å². The number of carbonyl (C=O) groups excluding carboxylic acids is 1. The second-order valence-corrected chi connectivity index (χ2v) is 5.29. The van der Waals surface area contributed by atoms with Gasteiger partial charge in [0.25, 0.3) is 5.91 Å². The molecule has 1 aliphatic heterocycles. The Morgan fingerprint density at radius 2 is 1.90 bits per heavy atom. The van der Waals surface area contributed by atoms with Gasteiger partial charge in [0.2, 0.25) is 0 Å². The molecule has 0 aliphatic carbocycles. The van der Waals surface area contributed by atoms with E-state index in [-0.39, 0.29) is 5.91 Å². The molecule has 0 spiro atoms. The van der Waals surface area contributed by atoms with Crippen LogP contribution in [0.2, 0.25) is 0 Å². The standard InChI is InChI=1S/C16H25N3O/c1-2-14-6-3-4-7-15(14)16(20)19-12-10-18(11-13-19)9-5-8-17/h3-4,6-7H,2,5,8-13,17H2,1H3. The highest BCUT2D eigenvalue weighted by Gasteiger charge is 2.22. The zero-order chi connectivity index (χ0) is 14.4. The van der Waals surface area contributed by atoms with E-state index in [9.17, 15) is 4.79 Å². The Kier molecular flexibility index (Phi) is 5.56. The summed E-state index contributed by atoms with van der Waals surface area (Å²) < 4.78 is 0. The summed E-state index contributed by atoms with van der Waals surface area (Å²) in [7, 11) is 0. The van der Waals surface area contributed by atoms with E-state index in [1.807, 2.05) is 29.2 Å². The first-order valence-electron chi connectivity index (χ1n) is 7.56. The van der Waals surface area contributed by atoms with Gasteiger partial charge in [0, 0.05) is 31.7 Å². The molecule has 4 heteroatoms. The minimum Gasteiger partial charge on any atom is -0.336 e. The molecule has 1 heterocycles. The highest BCUT2D eigenvalue weighted by atomic mass is 16.2. The van der Waals surface area contributed by atoms with E-state index in [0.717, 1.165) is 63.2 Å². The number of amides is 1. The first-order valence-corrected chi connectivity index (χ1v) is 7.56. The van der Waals surface area contributed by atoms with Crippen molar-refractivity contribution >= 4 is 5.91 Å². The quantitative estimate of drug-likeness (QED) is 0.882. The minimum atomic E-state index is 0.181. The number of aryl methyl sites for hydroxylation is 1. The molecule has 0 saturated carbocycles. The predicted octanol–water partition coefficient (Wildman–Crippen LogP) is 1.36. The van der Waals surface area contributed by atoms with Gasteiger partial charge in [0.15, 0.2) is 0 Å². The maximum Gasteiger partial charge on any atom is 0.254 e. The van der Waals surface area contributed by atoms with Crippen LogP contribution in [-0.4, -0.2) is 55.0 Å². The van der Waals surface area contributed by atoms with Gasteiger partial charge in [0.1, 0.15) is 0 Å². The van der Waals surface area contributed by atoms with Crippen LogP contribution in [0.4, 0.5) is 0 Å². The normalized spacial score (nSPS) is 16.4. The second-order valence-electron chi connectivity index (χ2n) is 5.29. The molecule has 1 aromatic carbocycles. The van der Waals surface area contributed by atoms with Crippen LogP contribution in [0.5, 0.6) is 0 Å². The van der Waals surface area contributed by atoms with Gasteiger partial charge in [0.05, 0.1) is 0 Å². The van der Waals surface area contributed by atoms with Crippen molar-refractivity contribution in [3.8, 4) is 0 Å². The van der Waals surface area contributed by atoms with Crippen LogP contribution in [0.3, 0.4) is 0 Å². The highest BCUT2D eigenvalue weighted by molar-refractivity contribution is 5.95. The maximum atomic E-state index is 12.6. The lowest BCUT2D eigenvalue weighted by Gasteiger charge is -2.35. The Morgan fingerprint density at radius 1 is 1.20 bits per heavy atom. The summed E-state index contributed by atoms with van der Waals surface area (Å²) in [6.07, 6.45) is 1.94. The van der Waals surface area contributed by atoms with Crippen LogP contribution >= 0.6 is 0 Å². The lowest BCUT2D eigenvalue weighted by Crippen LogP contribution is -2.49. The van der Waals surface area contributed by atoms with Crippen LogP contribution in [0, 0.1) is 0 Å². The summed E-state index contributed by atoms with van der Waals surface area (Å²) in [5.41, 5.74) is 7.55. The Labute approximate surface area is 121 Å².